The lowest BCUT2D eigenvalue weighted by atomic mass is 9.80. The molecule has 60 valence electrons. The molecule has 2 N–H and O–H groups in total. The molecular formula is C9H19N. The standard InChI is InChI=1S/C9H19N/c1-7(2)8-4-3-5-9(10)6-8/h7-9H,3-6,10H2,1-2H3/t8-,9+/m1/s1. The molecule has 0 spiro atoms. The Morgan fingerprint density at radius 3 is 2.40 bits per heavy atom. The molecule has 1 saturated carbocycles. The molecule has 1 nitrogen and oxygen atoms in total. The molecule has 2 atom stereocenters. The molecular weight excluding hydrogens is 122 g/mol. The van der Waals surface area contributed by atoms with Crippen LogP contribution in [0.4, 0.5) is 0 Å². The van der Waals surface area contributed by atoms with Crippen molar-refractivity contribution in [1.29, 1.82) is 0 Å². The van der Waals surface area contributed by atoms with Gasteiger partial charge in [0.15, 0.2) is 0 Å². The Bertz CT molecular complexity index is 98.9. The highest BCUT2D eigenvalue weighted by molar-refractivity contribution is 4.76. The molecule has 1 aliphatic rings. The summed E-state index contributed by atoms with van der Waals surface area (Å²) in [6, 6.07) is 0.501. The maximum atomic E-state index is 5.86. The lowest BCUT2D eigenvalue weighted by molar-refractivity contribution is 0.255. The van der Waals surface area contributed by atoms with E-state index in [1.807, 2.05) is 0 Å². The summed E-state index contributed by atoms with van der Waals surface area (Å²) in [5, 5.41) is 0. The lowest BCUT2D eigenvalue weighted by Gasteiger charge is -2.29. The summed E-state index contributed by atoms with van der Waals surface area (Å²) in [5.41, 5.74) is 5.86. The van der Waals surface area contributed by atoms with E-state index >= 15 is 0 Å². The summed E-state index contributed by atoms with van der Waals surface area (Å²) >= 11 is 0. The van der Waals surface area contributed by atoms with Crippen LogP contribution in [-0.4, -0.2) is 6.04 Å². The van der Waals surface area contributed by atoms with E-state index < -0.39 is 0 Å². The van der Waals surface area contributed by atoms with Crippen molar-refractivity contribution < 1.29 is 0 Å². The summed E-state index contributed by atoms with van der Waals surface area (Å²) in [4.78, 5) is 0. The van der Waals surface area contributed by atoms with E-state index in [9.17, 15) is 0 Å². The minimum absolute atomic E-state index is 0.501. The van der Waals surface area contributed by atoms with Crippen LogP contribution in [0.25, 0.3) is 0 Å². The van der Waals surface area contributed by atoms with E-state index in [-0.39, 0.29) is 0 Å². The van der Waals surface area contributed by atoms with Crippen LogP contribution in [0.1, 0.15) is 39.5 Å². The largest absolute Gasteiger partial charge is 0.328 e. The maximum absolute atomic E-state index is 5.86. The predicted octanol–water partition coefficient (Wildman–Crippen LogP) is 2.16. The van der Waals surface area contributed by atoms with Gasteiger partial charge in [0, 0.05) is 6.04 Å². The van der Waals surface area contributed by atoms with Crippen molar-refractivity contribution in [1.82, 2.24) is 0 Å². The molecule has 1 heteroatoms. The first-order valence-electron chi connectivity index (χ1n) is 4.45. The van der Waals surface area contributed by atoms with Gasteiger partial charge in [-0.15, -0.1) is 0 Å². The Hall–Kier alpha value is -0.0400. The van der Waals surface area contributed by atoms with Crippen molar-refractivity contribution >= 4 is 0 Å². The van der Waals surface area contributed by atoms with Crippen molar-refractivity contribution in [3.05, 3.63) is 0 Å². The van der Waals surface area contributed by atoms with Gasteiger partial charge in [0.1, 0.15) is 0 Å². The molecule has 0 aromatic rings. The second kappa shape index (κ2) is 3.38. The summed E-state index contributed by atoms with van der Waals surface area (Å²) < 4.78 is 0. The summed E-state index contributed by atoms with van der Waals surface area (Å²) in [6.07, 6.45) is 5.27. The number of rotatable bonds is 1. The monoisotopic (exact) mass is 141 g/mol. The molecule has 0 heterocycles. The zero-order valence-electron chi connectivity index (χ0n) is 7.14. The van der Waals surface area contributed by atoms with Crippen LogP contribution >= 0.6 is 0 Å². The van der Waals surface area contributed by atoms with E-state index in [1.54, 1.807) is 0 Å². The summed E-state index contributed by atoms with van der Waals surface area (Å²) in [6.45, 7) is 4.62. The van der Waals surface area contributed by atoms with E-state index in [0.29, 0.717) is 6.04 Å². The maximum Gasteiger partial charge on any atom is 0.00415 e. The normalized spacial score (nSPS) is 34.8. The fourth-order valence-electron chi connectivity index (χ4n) is 1.87. The third-order valence-corrected chi connectivity index (χ3v) is 2.70. The van der Waals surface area contributed by atoms with Crippen LogP contribution in [0.5, 0.6) is 0 Å². The third kappa shape index (κ3) is 1.98. The van der Waals surface area contributed by atoms with Crippen molar-refractivity contribution in [2.75, 3.05) is 0 Å². The van der Waals surface area contributed by atoms with Crippen molar-refractivity contribution in [2.45, 2.75) is 45.6 Å². The molecule has 1 rings (SSSR count). The van der Waals surface area contributed by atoms with Gasteiger partial charge in [0.25, 0.3) is 0 Å². The molecule has 0 bridgehead atoms. The van der Waals surface area contributed by atoms with Crippen LogP contribution in [0.2, 0.25) is 0 Å². The summed E-state index contributed by atoms with van der Waals surface area (Å²) in [5.74, 6) is 1.75. The molecule has 0 aliphatic heterocycles. The Kier molecular flexibility index (Phi) is 2.72. The van der Waals surface area contributed by atoms with Gasteiger partial charge in [0.05, 0.1) is 0 Å². The quantitative estimate of drug-likeness (QED) is 0.595. The number of hydrogen-bond donors (Lipinski definition) is 1. The van der Waals surface area contributed by atoms with Crippen LogP contribution in [0.3, 0.4) is 0 Å². The minimum Gasteiger partial charge on any atom is -0.328 e. The Balaban J connectivity index is 2.32. The predicted molar refractivity (Wildman–Crippen MR) is 44.8 cm³/mol. The fraction of sp³-hybridized carbons (Fsp3) is 1.00. The van der Waals surface area contributed by atoms with E-state index in [2.05, 4.69) is 13.8 Å². The molecule has 0 amide bonds. The highest BCUT2D eigenvalue weighted by atomic mass is 14.6. The highest BCUT2D eigenvalue weighted by Gasteiger charge is 2.21. The van der Waals surface area contributed by atoms with E-state index in [0.717, 1.165) is 11.8 Å². The topological polar surface area (TPSA) is 26.0 Å². The third-order valence-electron chi connectivity index (χ3n) is 2.70. The van der Waals surface area contributed by atoms with Crippen molar-refractivity contribution in [3.63, 3.8) is 0 Å². The van der Waals surface area contributed by atoms with Crippen LogP contribution in [0, 0.1) is 11.8 Å². The van der Waals surface area contributed by atoms with Gasteiger partial charge >= 0.3 is 0 Å². The van der Waals surface area contributed by atoms with Gasteiger partial charge in [-0.05, 0) is 24.7 Å². The first-order chi connectivity index (χ1) is 4.70. The Labute approximate surface area is 64.0 Å². The average Bonchev–Trinajstić information content (AvgIpc) is 1.88. The van der Waals surface area contributed by atoms with Gasteiger partial charge < -0.3 is 5.73 Å². The van der Waals surface area contributed by atoms with Gasteiger partial charge in [-0.1, -0.05) is 26.7 Å². The first kappa shape index (κ1) is 8.06. The van der Waals surface area contributed by atoms with Crippen molar-refractivity contribution in [2.24, 2.45) is 17.6 Å². The van der Waals surface area contributed by atoms with E-state index in [4.69, 9.17) is 5.73 Å². The van der Waals surface area contributed by atoms with Crippen LogP contribution in [0.15, 0.2) is 0 Å². The zero-order chi connectivity index (χ0) is 7.56. The molecule has 1 aliphatic carbocycles. The van der Waals surface area contributed by atoms with Crippen molar-refractivity contribution in [3.8, 4) is 0 Å². The molecule has 0 aromatic heterocycles. The molecule has 0 saturated heterocycles. The zero-order valence-corrected chi connectivity index (χ0v) is 7.14. The molecule has 0 radical (unpaired) electrons. The fourth-order valence-corrected chi connectivity index (χ4v) is 1.87. The highest BCUT2D eigenvalue weighted by Crippen LogP contribution is 2.28. The summed E-state index contributed by atoms with van der Waals surface area (Å²) in [7, 11) is 0. The van der Waals surface area contributed by atoms with Gasteiger partial charge in [-0.25, -0.2) is 0 Å². The average molecular weight is 141 g/mol. The Morgan fingerprint density at radius 2 is 2.00 bits per heavy atom. The molecule has 0 aromatic carbocycles. The minimum atomic E-state index is 0.501. The van der Waals surface area contributed by atoms with Crippen LogP contribution in [-0.2, 0) is 0 Å². The lowest BCUT2D eigenvalue weighted by Crippen LogP contribution is -2.29. The second-order valence-corrected chi connectivity index (χ2v) is 3.93. The Morgan fingerprint density at radius 1 is 1.30 bits per heavy atom. The first-order valence-corrected chi connectivity index (χ1v) is 4.45. The smallest absolute Gasteiger partial charge is 0.00415 e. The van der Waals surface area contributed by atoms with Gasteiger partial charge in [-0.3, -0.25) is 0 Å². The van der Waals surface area contributed by atoms with Gasteiger partial charge in [-0.2, -0.15) is 0 Å². The van der Waals surface area contributed by atoms with Crippen LogP contribution < -0.4 is 5.73 Å². The number of hydrogen-bond acceptors (Lipinski definition) is 1. The SMILES string of the molecule is CC(C)[C@@H]1CCC[C@H](N)C1. The second-order valence-electron chi connectivity index (χ2n) is 3.93. The molecule has 1 fully saturated rings. The van der Waals surface area contributed by atoms with E-state index in [1.165, 1.54) is 25.7 Å². The molecule has 0 unspecified atom stereocenters. The van der Waals surface area contributed by atoms with Gasteiger partial charge in [0.2, 0.25) is 0 Å². The number of nitrogens with two attached hydrogens (primary N) is 1. The molecule has 10 heavy (non-hydrogen) atoms.